The second-order valence-electron chi connectivity index (χ2n) is 4.19. The Morgan fingerprint density at radius 1 is 1.27 bits per heavy atom. The first-order valence-electron chi connectivity index (χ1n) is 4.78. The van der Waals surface area contributed by atoms with E-state index < -0.39 is 24.1 Å². The van der Waals surface area contributed by atoms with Crippen molar-refractivity contribution in [2.24, 2.45) is 0 Å². The van der Waals surface area contributed by atoms with Crippen molar-refractivity contribution >= 4 is 11.9 Å². The Hall–Kier alpha value is -1.10. The van der Waals surface area contributed by atoms with Crippen molar-refractivity contribution in [3.63, 3.8) is 0 Å². The molecule has 0 aromatic rings. The van der Waals surface area contributed by atoms with E-state index in [0.717, 1.165) is 0 Å². The molecule has 88 valence electrons. The minimum Gasteiger partial charge on any atom is -0.460 e. The number of aliphatic hydroxyl groups is 1. The van der Waals surface area contributed by atoms with Gasteiger partial charge in [0.2, 0.25) is 0 Å². The van der Waals surface area contributed by atoms with Crippen molar-refractivity contribution in [3.8, 4) is 0 Å². The van der Waals surface area contributed by atoms with Crippen LogP contribution >= 0.6 is 0 Å². The van der Waals surface area contributed by atoms with Gasteiger partial charge in [0.25, 0.3) is 0 Å². The highest BCUT2D eigenvalue weighted by Crippen LogP contribution is 2.07. The van der Waals surface area contributed by atoms with Gasteiger partial charge in [-0.2, -0.15) is 0 Å². The van der Waals surface area contributed by atoms with E-state index in [0.29, 0.717) is 0 Å². The van der Waals surface area contributed by atoms with Crippen LogP contribution in [0.25, 0.3) is 0 Å². The Morgan fingerprint density at radius 3 is 2.20 bits per heavy atom. The van der Waals surface area contributed by atoms with Crippen LogP contribution in [-0.4, -0.2) is 35.4 Å². The van der Waals surface area contributed by atoms with E-state index in [9.17, 15) is 14.7 Å². The van der Waals surface area contributed by atoms with Crippen LogP contribution in [0.1, 0.15) is 34.1 Å². The highest BCUT2D eigenvalue weighted by molar-refractivity contribution is 5.76. The number of carbonyl (C=O) groups is 2. The average Bonchev–Trinajstić information content (AvgIpc) is 1.96. The fraction of sp³-hybridized carbons (Fsp3) is 0.800. The fourth-order valence-corrected chi connectivity index (χ4v) is 0.841. The molecular formula is C10H18O5. The molecule has 0 saturated heterocycles. The van der Waals surface area contributed by atoms with Gasteiger partial charge in [-0.1, -0.05) is 0 Å². The molecular weight excluding hydrogens is 200 g/mol. The molecule has 0 atom stereocenters. The van der Waals surface area contributed by atoms with Crippen LogP contribution in [0.2, 0.25) is 0 Å². The Morgan fingerprint density at radius 2 is 1.80 bits per heavy atom. The fourth-order valence-electron chi connectivity index (χ4n) is 0.841. The molecule has 5 heteroatoms. The maximum atomic E-state index is 11.1. The normalized spacial score (nSPS) is 11.3. The van der Waals surface area contributed by atoms with Gasteiger partial charge >= 0.3 is 11.9 Å². The molecule has 1 N–H and O–H groups in total. The molecule has 0 aromatic heterocycles. The van der Waals surface area contributed by atoms with Crippen LogP contribution in [-0.2, 0) is 19.1 Å². The predicted octanol–water partition coefficient (Wildman–Crippen LogP) is 0.642. The summed E-state index contributed by atoms with van der Waals surface area (Å²) in [5.74, 6) is -1.21. The van der Waals surface area contributed by atoms with Crippen LogP contribution in [0, 0.1) is 0 Å². The first-order valence-corrected chi connectivity index (χ1v) is 4.78. The Labute approximate surface area is 89.4 Å². The molecule has 0 aliphatic heterocycles. The third-order valence-corrected chi connectivity index (χ3v) is 1.30. The monoisotopic (exact) mass is 218 g/mol. The van der Waals surface area contributed by atoms with Gasteiger partial charge < -0.3 is 14.6 Å². The average molecular weight is 218 g/mol. The molecule has 0 aliphatic carbocycles. The summed E-state index contributed by atoms with van der Waals surface area (Å²) in [6, 6.07) is 0. The summed E-state index contributed by atoms with van der Waals surface area (Å²) < 4.78 is 9.36. The first kappa shape index (κ1) is 13.9. The molecule has 0 saturated carbocycles. The van der Waals surface area contributed by atoms with E-state index in [1.54, 1.807) is 13.8 Å². The van der Waals surface area contributed by atoms with E-state index in [4.69, 9.17) is 4.74 Å². The summed E-state index contributed by atoms with van der Waals surface area (Å²) in [6.45, 7) is 5.97. The maximum absolute atomic E-state index is 11.1. The van der Waals surface area contributed by atoms with Crippen molar-refractivity contribution in [2.75, 3.05) is 6.61 Å². The van der Waals surface area contributed by atoms with Crippen molar-refractivity contribution in [3.05, 3.63) is 0 Å². The second-order valence-corrected chi connectivity index (χ2v) is 4.19. The van der Waals surface area contributed by atoms with E-state index >= 15 is 0 Å². The second kappa shape index (κ2) is 5.70. The topological polar surface area (TPSA) is 72.8 Å². The van der Waals surface area contributed by atoms with Crippen molar-refractivity contribution in [1.82, 2.24) is 0 Å². The summed E-state index contributed by atoms with van der Waals surface area (Å²) >= 11 is 0. The van der Waals surface area contributed by atoms with Gasteiger partial charge in [-0.25, -0.2) is 4.79 Å². The number of carbonyl (C=O) groups excluding carboxylic acids is 2. The predicted molar refractivity (Wildman–Crippen MR) is 53.1 cm³/mol. The molecule has 0 heterocycles. The minimum absolute atomic E-state index is 0.151. The van der Waals surface area contributed by atoms with Crippen LogP contribution in [0.4, 0.5) is 0 Å². The molecule has 5 nitrogen and oxygen atoms in total. The number of rotatable bonds is 5. The maximum Gasteiger partial charge on any atom is 0.344 e. The highest BCUT2D eigenvalue weighted by Gasteiger charge is 2.20. The van der Waals surface area contributed by atoms with Gasteiger partial charge in [-0.05, 0) is 27.7 Å². The first-order chi connectivity index (χ1) is 6.70. The molecule has 0 rings (SSSR count). The van der Waals surface area contributed by atoms with E-state index in [1.807, 2.05) is 0 Å². The number of hydrogen-bond acceptors (Lipinski definition) is 5. The van der Waals surface area contributed by atoms with Crippen LogP contribution in [0.5, 0.6) is 0 Å². The number of esters is 2. The Balaban J connectivity index is 3.77. The van der Waals surface area contributed by atoms with Gasteiger partial charge in [0, 0.05) is 0 Å². The van der Waals surface area contributed by atoms with Crippen LogP contribution in [0.3, 0.4) is 0 Å². The molecule has 0 aliphatic rings. The lowest BCUT2D eigenvalue weighted by Gasteiger charge is -2.15. The largest absolute Gasteiger partial charge is 0.460 e. The van der Waals surface area contributed by atoms with E-state index in [1.165, 1.54) is 13.8 Å². The molecule has 0 amide bonds. The van der Waals surface area contributed by atoms with Gasteiger partial charge in [0.05, 0.1) is 18.1 Å². The third kappa shape index (κ3) is 9.21. The molecule has 0 aromatic carbocycles. The Kier molecular flexibility index (Phi) is 5.28. The molecule has 0 unspecified atom stereocenters. The molecule has 0 spiro atoms. The third-order valence-electron chi connectivity index (χ3n) is 1.30. The molecule has 0 radical (unpaired) electrons. The zero-order valence-corrected chi connectivity index (χ0v) is 9.57. The smallest absolute Gasteiger partial charge is 0.344 e. The minimum atomic E-state index is -1.13. The summed E-state index contributed by atoms with van der Waals surface area (Å²) in [5.41, 5.74) is -1.13. The number of hydrogen-bond donors (Lipinski definition) is 1. The summed E-state index contributed by atoms with van der Waals surface area (Å²) in [6.07, 6.45) is -0.382. The summed E-state index contributed by atoms with van der Waals surface area (Å²) in [4.78, 5) is 22.0. The van der Waals surface area contributed by atoms with Gasteiger partial charge in [-0.15, -0.1) is 0 Å². The zero-order chi connectivity index (χ0) is 12.1. The van der Waals surface area contributed by atoms with Crippen molar-refractivity contribution in [1.29, 1.82) is 0 Å². The standard InChI is InChI=1S/C10H18O5/c1-7(2)15-9(12)6-14-8(11)5-10(3,4)13/h7,13H,5-6H2,1-4H3. The van der Waals surface area contributed by atoms with E-state index in [-0.39, 0.29) is 12.5 Å². The van der Waals surface area contributed by atoms with Crippen molar-refractivity contribution in [2.45, 2.75) is 45.8 Å². The highest BCUT2D eigenvalue weighted by atomic mass is 16.6. The number of ether oxygens (including phenoxy) is 2. The van der Waals surface area contributed by atoms with Crippen LogP contribution < -0.4 is 0 Å². The van der Waals surface area contributed by atoms with Gasteiger partial charge in [0.1, 0.15) is 0 Å². The van der Waals surface area contributed by atoms with Crippen molar-refractivity contribution < 1.29 is 24.2 Å². The quantitative estimate of drug-likeness (QED) is 0.685. The van der Waals surface area contributed by atoms with Gasteiger partial charge in [-0.3, -0.25) is 4.79 Å². The molecule has 0 fully saturated rings. The molecule has 0 bridgehead atoms. The lowest BCUT2D eigenvalue weighted by Crippen LogP contribution is -2.26. The van der Waals surface area contributed by atoms with Crippen LogP contribution in [0.15, 0.2) is 0 Å². The molecule has 15 heavy (non-hydrogen) atoms. The zero-order valence-electron chi connectivity index (χ0n) is 9.57. The summed E-state index contributed by atoms with van der Waals surface area (Å²) in [5, 5.41) is 9.28. The summed E-state index contributed by atoms with van der Waals surface area (Å²) in [7, 11) is 0. The Bertz CT molecular complexity index is 226. The van der Waals surface area contributed by atoms with E-state index in [2.05, 4.69) is 4.74 Å². The lowest BCUT2D eigenvalue weighted by atomic mass is 10.1. The van der Waals surface area contributed by atoms with Gasteiger partial charge in [0.15, 0.2) is 6.61 Å². The lowest BCUT2D eigenvalue weighted by molar-refractivity contribution is -0.163. The SMILES string of the molecule is CC(C)OC(=O)COC(=O)CC(C)(C)O.